The average molecular weight is 263 g/mol. The lowest BCUT2D eigenvalue weighted by molar-refractivity contribution is -0.139. The van der Waals surface area contributed by atoms with Crippen molar-refractivity contribution < 1.29 is 19.8 Å². The van der Waals surface area contributed by atoms with Gasteiger partial charge in [-0.15, -0.1) is 0 Å². The normalized spacial score (nSPS) is 12.3. The first-order chi connectivity index (χ1) is 9.11. The van der Waals surface area contributed by atoms with Crippen molar-refractivity contribution >= 4 is 22.8 Å². The Morgan fingerprint density at radius 1 is 1.42 bits per heavy atom. The average Bonchev–Trinajstić information content (AvgIpc) is 2.85. The number of rotatable bonds is 5. The molecule has 0 fully saturated rings. The molecule has 2 rings (SSSR count). The molecule has 0 unspecified atom stereocenters. The van der Waals surface area contributed by atoms with Gasteiger partial charge in [0.15, 0.2) is 0 Å². The number of hydrogen-bond donors (Lipinski definition) is 4. The molecule has 2 aromatic rings. The lowest BCUT2D eigenvalue weighted by Gasteiger charge is -2.13. The Morgan fingerprint density at radius 3 is 2.89 bits per heavy atom. The van der Waals surface area contributed by atoms with Gasteiger partial charge in [-0.2, -0.15) is 5.10 Å². The molecule has 4 N–H and O–H groups in total. The highest BCUT2D eigenvalue weighted by Gasteiger charge is 2.20. The number of aliphatic hydroxyl groups is 1. The van der Waals surface area contributed by atoms with Gasteiger partial charge in [0.05, 0.1) is 11.7 Å². The maximum atomic E-state index is 11.9. The second-order valence-corrected chi connectivity index (χ2v) is 4.05. The van der Waals surface area contributed by atoms with E-state index in [0.717, 1.165) is 5.39 Å². The first-order valence-electron chi connectivity index (χ1n) is 5.69. The van der Waals surface area contributed by atoms with E-state index in [2.05, 4.69) is 15.5 Å². The minimum absolute atomic E-state index is 0.0344. The van der Waals surface area contributed by atoms with Crippen LogP contribution in [0.3, 0.4) is 0 Å². The van der Waals surface area contributed by atoms with Crippen molar-refractivity contribution in [2.75, 3.05) is 6.61 Å². The van der Waals surface area contributed by atoms with Crippen LogP contribution in [-0.2, 0) is 4.79 Å². The second-order valence-electron chi connectivity index (χ2n) is 4.05. The molecule has 0 saturated heterocycles. The molecule has 1 aromatic carbocycles. The highest BCUT2D eigenvalue weighted by Crippen LogP contribution is 2.12. The van der Waals surface area contributed by atoms with Crippen LogP contribution in [0, 0.1) is 0 Å². The first-order valence-corrected chi connectivity index (χ1v) is 5.69. The molecule has 1 atom stereocenters. The van der Waals surface area contributed by atoms with Gasteiger partial charge in [-0.25, -0.2) is 4.79 Å². The predicted molar refractivity (Wildman–Crippen MR) is 66.7 cm³/mol. The van der Waals surface area contributed by atoms with Gasteiger partial charge in [0, 0.05) is 24.0 Å². The van der Waals surface area contributed by atoms with Crippen molar-refractivity contribution in [2.24, 2.45) is 0 Å². The van der Waals surface area contributed by atoms with Crippen molar-refractivity contribution in [3.8, 4) is 0 Å². The minimum Gasteiger partial charge on any atom is -0.480 e. The van der Waals surface area contributed by atoms with Crippen LogP contribution in [0.1, 0.15) is 16.8 Å². The SMILES string of the molecule is O=C(N[C@@H](CCO)C(=O)O)c1ccc2cn[nH]c2c1. The van der Waals surface area contributed by atoms with E-state index >= 15 is 0 Å². The fourth-order valence-corrected chi connectivity index (χ4v) is 1.71. The number of carboxylic acid groups (broad SMARTS) is 1. The molecular weight excluding hydrogens is 250 g/mol. The van der Waals surface area contributed by atoms with Crippen LogP contribution in [-0.4, -0.2) is 44.9 Å². The molecule has 0 aliphatic rings. The number of hydrogen-bond acceptors (Lipinski definition) is 4. The van der Waals surface area contributed by atoms with Crippen LogP contribution in [0.4, 0.5) is 0 Å². The zero-order valence-electron chi connectivity index (χ0n) is 9.96. The predicted octanol–water partition coefficient (Wildman–Crippen LogP) is 0.128. The van der Waals surface area contributed by atoms with Gasteiger partial charge in [0.25, 0.3) is 5.91 Å². The number of aromatic amines is 1. The van der Waals surface area contributed by atoms with E-state index in [9.17, 15) is 9.59 Å². The Kier molecular flexibility index (Phi) is 3.76. The lowest BCUT2D eigenvalue weighted by Crippen LogP contribution is -2.41. The van der Waals surface area contributed by atoms with Gasteiger partial charge in [-0.05, 0) is 12.1 Å². The third-order valence-electron chi connectivity index (χ3n) is 2.73. The smallest absolute Gasteiger partial charge is 0.326 e. The van der Waals surface area contributed by atoms with Crippen molar-refractivity contribution in [3.05, 3.63) is 30.0 Å². The Bertz CT molecular complexity index is 608. The highest BCUT2D eigenvalue weighted by atomic mass is 16.4. The number of nitrogens with one attached hydrogen (secondary N) is 2. The van der Waals surface area contributed by atoms with E-state index in [0.29, 0.717) is 11.1 Å². The zero-order chi connectivity index (χ0) is 13.8. The van der Waals surface area contributed by atoms with E-state index in [1.807, 2.05) is 0 Å². The number of aliphatic hydroxyl groups excluding tert-OH is 1. The fraction of sp³-hybridized carbons (Fsp3) is 0.250. The monoisotopic (exact) mass is 263 g/mol. The zero-order valence-corrected chi connectivity index (χ0v) is 9.96. The van der Waals surface area contributed by atoms with E-state index in [-0.39, 0.29) is 13.0 Å². The summed E-state index contributed by atoms with van der Waals surface area (Å²) in [7, 11) is 0. The summed E-state index contributed by atoms with van der Waals surface area (Å²) in [4.78, 5) is 22.8. The Hall–Kier alpha value is -2.41. The Morgan fingerprint density at radius 2 is 2.21 bits per heavy atom. The minimum atomic E-state index is -1.18. The fourth-order valence-electron chi connectivity index (χ4n) is 1.71. The van der Waals surface area contributed by atoms with Gasteiger partial charge < -0.3 is 15.5 Å². The number of amides is 1. The van der Waals surface area contributed by atoms with Gasteiger partial charge in [0.1, 0.15) is 6.04 Å². The van der Waals surface area contributed by atoms with Crippen LogP contribution >= 0.6 is 0 Å². The quantitative estimate of drug-likeness (QED) is 0.612. The number of benzene rings is 1. The van der Waals surface area contributed by atoms with Crippen LogP contribution < -0.4 is 5.32 Å². The van der Waals surface area contributed by atoms with Crippen LogP contribution in [0.2, 0.25) is 0 Å². The van der Waals surface area contributed by atoms with E-state index in [1.165, 1.54) is 0 Å². The molecule has 7 nitrogen and oxygen atoms in total. The molecule has 0 saturated carbocycles. The maximum absolute atomic E-state index is 11.9. The topological polar surface area (TPSA) is 115 Å². The summed E-state index contributed by atoms with van der Waals surface area (Å²) >= 11 is 0. The maximum Gasteiger partial charge on any atom is 0.326 e. The number of H-pyrrole nitrogens is 1. The summed E-state index contributed by atoms with van der Waals surface area (Å²) in [5.41, 5.74) is 1.03. The van der Waals surface area contributed by atoms with Crippen molar-refractivity contribution in [1.29, 1.82) is 0 Å². The Labute approximate surface area is 108 Å². The molecule has 19 heavy (non-hydrogen) atoms. The third kappa shape index (κ3) is 2.89. The number of fused-ring (bicyclic) bond motifs is 1. The van der Waals surface area contributed by atoms with Crippen molar-refractivity contribution in [2.45, 2.75) is 12.5 Å². The lowest BCUT2D eigenvalue weighted by atomic mass is 10.1. The molecule has 0 aliphatic carbocycles. The largest absolute Gasteiger partial charge is 0.480 e. The molecular formula is C12H13N3O4. The summed E-state index contributed by atoms with van der Waals surface area (Å²) in [6, 6.07) is 3.80. The summed E-state index contributed by atoms with van der Waals surface area (Å²) in [5.74, 6) is -1.68. The Balaban J connectivity index is 2.16. The molecule has 100 valence electrons. The van der Waals surface area contributed by atoms with Crippen LogP contribution in [0.5, 0.6) is 0 Å². The highest BCUT2D eigenvalue weighted by molar-refractivity contribution is 5.99. The summed E-state index contributed by atoms with van der Waals surface area (Å²) in [6.45, 7) is -0.309. The molecule has 1 heterocycles. The van der Waals surface area contributed by atoms with Crippen molar-refractivity contribution in [3.63, 3.8) is 0 Å². The van der Waals surface area contributed by atoms with Crippen molar-refractivity contribution in [1.82, 2.24) is 15.5 Å². The molecule has 7 heteroatoms. The summed E-state index contributed by atoms with van der Waals surface area (Å²) < 4.78 is 0. The summed E-state index contributed by atoms with van der Waals surface area (Å²) in [6.07, 6.45) is 1.59. The van der Waals surface area contributed by atoms with Gasteiger partial charge in [-0.3, -0.25) is 9.89 Å². The summed E-state index contributed by atoms with van der Waals surface area (Å²) in [5, 5.41) is 27.4. The van der Waals surface area contributed by atoms with Crippen LogP contribution in [0.15, 0.2) is 24.4 Å². The molecule has 0 radical (unpaired) electrons. The van der Waals surface area contributed by atoms with Gasteiger partial charge in [0.2, 0.25) is 0 Å². The second kappa shape index (κ2) is 5.49. The first kappa shape index (κ1) is 13.0. The molecule has 1 aromatic heterocycles. The standard InChI is InChI=1S/C12H13N3O4/c16-4-3-9(12(18)19)14-11(17)7-1-2-8-6-13-15-10(8)5-7/h1-2,5-6,9,16H,3-4H2,(H,13,15)(H,14,17)(H,18,19)/t9-/m0/s1. The van der Waals surface area contributed by atoms with E-state index < -0.39 is 17.9 Å². The number of aliphatic carboxylic acids is 1. The number of carboxylic acids is 1. The van der Waals surface area contributed by atoms with Gasteiger partial charge in [-0.1, -0.05) is 6.07 Å². The number of nitrogens with zero attached hydrogens (tertiary/aromatic N) is 1. The number of carbonyl (C=O) groups is 2. The molecule has 0 aliphatic heterocycles. The number of carbonyl (C=O) groups excluding carboxylic acids is 1. The van der Waals surface area contributed by atoms with E-state index in [4.69, 9.17) is 10.2 Å². The van der Waals surface area contributed by atoms with Gasteiger partial charge >= 0.3 is 5.97 Å². The number of aromatic nitrogens is 2. The van der Waals surface area contributed by atoms with Crippen LogP contribution in [0.25, 0.3) is 10.9 Å². The van der Waals surface area contributed by atoms with E-state index in [1.54, 1.807) is 24.4 Å². The third-order valence-corrected chi connectivity index (χ3v) is 2.73. The molecule has 0 spiro atoms. The molecule has 0 bridgehead atoms. The molecule has 1 amide bonds.